The standard InChI is InChI=1S/C16H33NO/c1-5-7-16(11-17-13(2)3)18-12-15-9-6-8-14(4)10-15/h13-17H,5-12H2,1-4H3. The van der Waals surface area contributed by atoms with Gasteiger partial charge >= 0.3 is 0 Å². The lowest BCUT2D eigenvalue weighted by atomic mass is 9.83. The Kier molecular flexibility index (Phi) is 7.92. The molecule has 1 rings (SSSR count). The quantitative estimate of drug-likeness (QED) is 0.708. The SMILES string of the molecule is CCCC(CNC(C)C)OCC1CCCC(C)C1. The van der Waals surface area contributed by atoms with Crippen LogP contribution in [0.3, 0.4) is 0 Å². The van der Waals surface area contributed by atoms with Gasteiger partial charge in [0.2, 0.25) is 0 Å². The van der Waals surface area contributed by atoms with E-state index < -0.39 is 0 Å². The molecule has 0 radical (unpaired) electrons. The second-order valence-electron chi connectivity index (χ2n) is 6.44. The topological polar surface area (TPSA) is 21.3 Å². The Bertz CT molecular complexity index is 205. The number of hydrogen-bond donors (Lipinski definition) is 1. The molecule has 0 aromatic carbocycles. The molecule has 0 saturated heterocycles. The van der Waals surface area contributed by atoms with E-state index >= 15 is 0 Å². The lowest BCUT2D eigenvalue weighted by molar-refractivity contribution is 0.0109. The van der Waals surface area contributed by atoms with E-state index in [1.165, 1.54) is 38.5 Å². The molecular formula is C16H33NO. The second-order valence-corrected chi connectivity index (χ2v) is 6.44. The molecule has 2 nitrogen and oxygen atoms in total. The lowest BCUT2D eigenvalue weighted by Crippen LogP contribution is -2.34. The van der Waals surface area contributed by atoms with Crippen LogP contribution in [-0.2, 0) is 4.74 Å². The summed E-state index contributed by atoms with van der Waals surface area (Å²) >= 11 is 0. The Morgan fingerprint density at radius 3 is 2.67 bits per heavy atom. The van der Waals surface area contributed by atoms with Crippen molar-refractivity contribution >= 4 is 0 Å². The molecule has 0 heterocycles. The van der Waals surface area contributed by atoms with Crippen LogP contribution in [0.4, 0.5) is 0 Å². The molecule has 1 fully saturated rings. The molecule has 18 heavy (non-hydrogen) atoms. The van der Waals surface area contributed by atoms with Crippen molar-refractivity contribution in [3.8, 4) is 0 Å². The van der Waals surface area contributed by atoms with Gasteiger partial charge in [-0.3, -0.25) is 0 Å². The molecule has 0 spiro atoms. The molecule has 0 amide bonds. The second kappa shape index (κ2) is 8.92. The third-order valence-corrected chi connectivity index (χ3v) is 3.98. The summed E-state index contributed by atoms with van der Waals surface area (Å²) in [5.74, 6) is 1.72. The molecule has 0 bridgehead atoms. The largest absolute Gasteiger partial charge is 0.377 e. The Morgan fingerprint density at radius 2 is 2.06 bits per heavy atom. The number of rotatable bonds is 8. The highest BCUT2D eigenvalue weighted by Crippen LogP contribution is 2.28. The smallest absolute Gasteiger partial charge is 0.0699 e. The van der Waals surface area contributed by atoms with Gasteiger partial charge in [0.25, 0.3) is 0 Å². The van der Waals surface area contributed by atoms with E-state index in [1.54, 1.807) is 0 Å². The third kappa shape index (κ3) is 6.75. The first-order valence-corrected chi connectivity index (χ1v) is 7.96. The van der Waals surface area contributed by atoms with Crippen molar-refractivity contribution in [2.75, 3.05) is 13.2 Å². The van der Waals surface area contributed by atoms with E-state index in [0.29, 0.717) is 12.1 Å². The minimum absolute atomic E-state index is 0.412. The van der Waals surface area contributed by atoms with Gasteiger partial charge in [0, 0.05) is 19.2 Å². The predicted octanol–water partition coefficient (Wildman–Crippen LogP) is 4.00. The van der Waals surface area contributed by atoms with Crippen LogP contribution in [0, 0.1) is 11.8 Å². The minimum Gasteiger partial charge on any atom is -0.377 e. The van der Waals surface area contributed by atoms with E-state index in [9.17, 15) is 0 Å². The fourth-order valence-electron chi connectivity index (χ4n) is 2.92. The molecule has 1 aliphatic carbocycles. The average Bonchev–Trinajstić information content (AvgIpc) is 2.32. The van der Waals surface area contributed by atoms with Gasteiger partial charge in [-0.15, -0.1) is 0 Å². The Labute approximate surface area is 114 Å². The molecular weight excluding hydrogens is 222 g/mol. The molecule has 1 aliphatic rings. The van der Waals surface area contributed by atoms with Gasteiger partial charge in [0.15, 0.2) is 0 Å². The molecule has 0 aromatic heterocycles. The van der Waals surface area contributed by atoms with Gasteiger partial charge in [-0.05, 0) is 31.1 Å². The molecule has 2 heteroatoms. The summed E-state index contributed by atoms with van der Waals surface area (Å²) in [6, 6.07) is 0.558. The van der Waals surface area contributed by atoms with Crippen molar-refractivity contribution in [2.45, 2.75) is 78.4 Å². The molecule has 3 atom stereocenters. The number of hydrogen-bond acceptors (Lipinski definition) is 2. The average molecular weight is 255 g/mol. The zero-order chi connectivity index (χ0) is 13.4. The minimum atomic E-state index is 0.412. The summed E-state index contributed by atoms with van der Waals surface area (Å²) in [7, 11) is 0. The molecule has 3 unspecified atom stereocenters. The van der Waals surface area contributed by atoms with Crippen LogP contribution in [0.5, 0.6) is 0 Å². The van der Waals surface area contributed by atoms with Gasteiger partial charge in [-0.2, -0.15) is 0 Å². The van der Waals surface area contributed by atoms with E-state index in [1.807, 2.05) is 0 Å². The maximum atomic E-state index is 6.16. The summed E-state index contributed by atoms with van der Waals surface area (Å²) in [6.07, 6.45) is 8.38. The van der Waals surface area contributed by atoms with Crippen LogP contribution in [0.2, 0.25) is 0 Å². The number of nitrogens with one attached hydrogen (secondary N) is 1. The van der Waals surface area contributed by atoms with Crippen molar-refractivity contribution in [1.29, 1.82) is 0 Å². The molecule has 1 N–H and O–H groups in total. The van der Waals surface area contributed by atoms with Crippen molar-refractivity contribution in [1.82, 2.24) is 5.32 Å². The zero-order valence-electron chi connectivity index (χ0n) is 12.9. The highest BCUT2D eigenvalue weighted by atomic mass is 16.5. The zero-order valence-corrected chi connectivity index (χ0v) is 12.9. The van der Waals surface area contributed by atoms with Crippen LogP contribution < -0.4 is 5.32 Å². The molecule has 0 aromatic rings. The first-order chi connectivity index (χ1) is 8.61. The van der Waals surface area contributed by atoms with Crippen LogP contribution in [0.15, 0.2) is 0 Å². The van der Waals surface area contributed by atoms with Gasteiger partial charge in [-0.25, -0.2) is 0 Å². The van der Waals surface area contributed by atoms with Crippen LogP contribution >= 0.6 is 0 Å². The first-order valence-electron chi connectivity index (χ1n) is 7.96. The first kappa shape index (κ1) is 16.0. The number of ether oxygens (including phenoxy) is 1. The summed E-state index contributed by atoms with van der Waals surface area (Å²) in [6.45, 7) is 11.0. The fourth-order valence-corrected chi connectivity index (χ4v) is 2.92. The van der Waals surface area contributed by atoms with Crippen molar-refractivity contribution < 1.29 is 4.74 Å². The van der Waals surface area contributed by atoms with Crippen LogP contribution in [-0.4, -0.2) is 25.3 Å². The van der Waals surface area contributed by atoms with Gasteiger partial charge < -0.3 is 10.1 Å². The van der Waals surface area contributed by atoms with Crippen molar-refractivity contribution in [2.24, 2.45) is 11.8 Å². The Morgan fingerprint density at radius 1 is 1.28 bits per heavy atom. The summed E-state index contributed by atoms with van der Waals surface area (Å²) in [4.78, 5) is 0. The highest BCUT2D eigenvalue weighted by Gasteiger charge is 2.20. The van der Waals surface area contributed by atoms with Gasteiger partial charge in [0.1, 0.15) is 0 Å². The van der Waals surface area contributed by atoms with E-state index in [4.69, 9.17) is 4.74 Å². The summed E-state index contributed by atoms with van der Waals surface area (Å²) < 4.78 is 6.16. The predicted molar refractivity (Wildman–Crippen MR) is 78.9 cm³/mol. The summed E-state index contributed by atoms with van der Waals surface area (Å²) in [5.41, 5.74) is 0. The molecule has 108 valence electrons. The van der Waals surface area contributed by atoms with E-state index in [2.05, 4.69) is 33.0 Å². The highest BCUT2D eigenvalue weighted by molar-refractivity contribution is 4.71. The van der Waals surface area contributed by atoms with Crippen LogP contribution in [0.1, 0.15) is 66.2 Å². The van der Waals surface area contributed by atoms with Crippen molar-refractivity contribution in [3.05, 3.63) is 0 Å². The summed E-state index contributed by atoms with van der Waals surface area (Å²) in [5, 5.41) is 3.50. The third-order valence-electron chi connectivity index (χ3n) is 3.98. The monoisotopic (exact) mass is 255 g/mol. The maximum Gasteiger partial charge on any atom is 0.0699 e. The molecule has 0 aliphatic heterocycles. The Hall–Kier alpha value is -0.0800. The van der Waals surface area contributed by atoms with Gasteiger partial charge in [0.05, 0.1) is 6.10 Å². The van der Waals surface area contributed by atoms with Crippen LogP contribution in [0.25, 0.3) is 0 Å². The van der Waals surface area contributed by atoms with E-state index in [0.717, 1.165) is 25.0 Å². The normalized spacial score (nSPS) is 26.5. The fraction of sp³-hybridized carbons (Fsp3) is 1.00. The van der Waals surface area contributed by atoms with Gasteiger partial charge in [-0.1, -0.05) is 47.0 Å². The molecule has 1 saturated carbocycles. The lowest BCUT2D eigenvalue weighted by Gasteiger charge is -2.28. The Balaban J connectivity index is 2.22. The van der Waals surface area contributed by atoms with Crippen molar-refractivity contribution in [3.63, 3.8) is 0 Å². The van der Waals surface area contributed by atoms with E-state index in [-0.39, 0.29) is 0 Å². The maximum absolute atomic E-state index is 6.16.